The molecule has 19 heavy (non-hydrogen) atoms. The van der Waals surface area contributed by atoms with Gasteiger partial charge in [-0.2, -0.15) is 5.10 Å². The molecule has 0 saturated carbocycles. The first-order chi connectivity index (χ1) is 9.13. The number of benzene rings is 1. The third-order valence-electron chi connectivity index (χ3n) is 2.68. The minimum atomic E-state index is -0.136. The van der Waals surface area contributed by atoms with E-state index in [1.807, 2.05) is 19.1 Å². The molecule has 0 radical (unpaired) electrons. The zero-order chi connectivity index (χ0) is 14.1. The third-order valence-corrected chi connectivity index (χ3v) is 2.68. The Hall–Kier alpha value is -1.68. The number of hydrogen-bond acceptors (Lipinski definition) is 3. The zero-order valence-corrected chi connectivity index (χ0v) is 11.8. The van der Waals surface area contributed by atoms with E-state index in [0.717, 1.165) is 5.56 Å². The van der Waals surface area contributed by atoms with Crippen molar-refractivity contribution in [2.45, 2.75) is 33.1 Å². The molecular weight excluding hydrogens is 240 g/mol. The highest BCUT2D eigenvalue weighted by molar-refractivity contribution is 5.82. The van der Waals surface area contributed by atoms with E-state index in [4.69, 9.17) is 4.74 Å². The number of carbonyl (C=O) groups is 1. The number of amides is 1. The molecule has 1 N–H and O–H groups in total. The van der Waals surface area contributed by atoms with E-state index in [1.165, 1.54) is 5.56 Å². The van der Waals surface area contributed by atoms with E-state index >= 15 is 0 Å². The maximum Gasteiger partial charge on any atom is 0.242 e. The number of nitrogens with zero attached hydrogens (tertiary/aromatic N) is 1. The van der Waals surface area contributed by atoms with E-state index in [9.17, 15) is 4.79 Å². The molecule has 0 heterocycles. The first kappa shape index (κ1) is 15.4. The van der Waals surface area contributed by atoms with Crippen LogP contribution in [0.4, 0.5) is 0 Å². The minimum absolute atomic E-state index is 0.136. The van der Waals surface area contributed by atoms with Crippen LogP contribution in [0.2, 0.25) is 0 Å². The molecule has 0 bridgehead atoms. The van der Waals surface area contributed by atoms with Crippen molar-refractivity contribution in [1.29, 1.82) is 0 Å². The number of hydrogen-bond donors (Lipinski definition) is 1. The van der Waals surface area contributed by atoms with E-state index in [-0.39, 0.29) is 5.91 Å². The van der Waals surface area contributed by atoms with Crippen LogP contribution < -0.4 is 5.43 Å². The zero-order valence-electron chi connectivity index (χ0n) is 11.8. The van der Waals surface area contributed by atoms with Gasteiger partial charge < -0.3 is 4.74 Å². The summed E-state index contributed by atoms with van der Waals surface area (Å²) in [4.78, 5) is 11.3. The second kappa shape index (κ2) is 8.43. The molecule has 0 saturated heterocycles. The fourth-order valence-corrected chi connectivity index (χ4v) is 1.51. The summed E-state index contributed by atoms with van der Waals surface area (Å²) in [6.07, 6.45) is 1.97. The molecular formula is C15H22N2O2. The van der Waals surface area contributed by atoms with Crippen molar-refractivity contribution in [2.75, 3.05) is 13.2 Å². The highest BCUT2D eigenvalue weighted by Crippen LogP contribution is 2.13. The second-order valence-electron chi connectivity index (χ2n) is 4.56. The smallest absolute Gasteiger partial charge is 0.242 e. The minimum Gasteiger partial charge on any atom is -0.381 e. The number of nitrogens with one attached hydrogen (secondary N) is 1. The molecule has 4 nitrogen and oxygen atoms in total. The highest BCUT2D eigenvalue weighted by Gasteiger charge is 1.99. The third kappa shape index (κ3) is 6.15. The number of hydrazone groups is 1. The quantitative estimate of drug-likeness (QED) is 0.466. The summed E-state index contributed by atoms with van der Waals surface area (Å²) >= 11 is 0. The number of ether oxygens (including phenoxy) is 1. The Balaban J connectivity index is 2.37. The SMILES string of the molecule is CCOCCC(=O)N/N=C/c1ccc(C(C)C)cc1. The maximum atomic E-state index is 11.3. The predicted octanol–water partition coefficient (Wildman–Crippen LogP) is 2.69. The van der Waals surface area contributed by atoms with Gasteiger partial charge in [0.1, 0.15) is 0 Å². The topological polar surface area (TPSA) is 50.7 Å². The maximum absolute atomic E-state index is 11.3. The monoisotopic (exact) mass is 262 g/mol. The average Bonchev–Trinajstić information content (AvgIpc) is 2.39. The van der Waals surface area contributed by atoms with Crippen LogP contribution in [-0.2, 0) is 9.53 Å². The standard InChI is InChI=1S/C15H22N2O2/c1-4-19-10-9-15(18)17-16-11-13-5-7-14(8-6-13)12(2)3/h5-8,11-12H,4,9-10H2,1-3H3,(H,17,18)/b16-11+. The van der Waals surface area contributed by atoms with Crippen molar-refractivity contribution in [3.8, 4) is 0 Å². The van der Waals surface area contributed by atoms with E-state index < -0.39 is 0 Å². The lowest BCUT2D eigenvalue weighted by Gasteiger charge is -2.04. The molecule has 1 amide bonds. The summed E-state index contributed by atoms with van der Waals surface area (Å²) in [5.74, 6) is 0.382. The summed E-state index contributed by atoms with van der Waals surface area (Å²) in [6.45, 7) is 7.26. The summed E-state index contributed by atoms with van der Waals surface area (Å²) in [5, 5.41) is 3.91. The highest BCUT2D eigenvalue weighted by atomic mass is 16.5. The van der Waals surface area contributed by atoms with Crippen LogP contribution >= 0.6 is 0 Å². The molecule has 104 valence electrons. The molecule has 0 unspecified atom stereocenters. The van der Waals surface area contributed by atoms with E-state index in [2.05, 4.69) is 36.5 Å². The molecule has 1 rings (SSSR count). The van der Waals surface area contributed by atoms with Crippen molar-refractivity contribution in [2.24, 2.45) is 5.10 Å². The van der Waals surface area contributed by atoms with Gasteiger partial charge in [-0.1, -0.05) is 38.1 Å². The van der Waals surface area contributed by atoms with Gasteiger partial charge in [0.2, 0.25) is 5.91 Å². The molecule has 0 fully saturated rings. The van der Waals surface area contributed by atoms with Crippen LogP contribution in [0.1, 0.15) is 44.2 Å². The molecule has 0 aliphatic rings. The Bertz CT molecular complexity index is 411. The molecule has 1 aromatic rings. The summed E-state index contributed by atoms with van der Waals surface area (Å²) in [7, 11) is 0. The molecule has 0 aliphatic carbocycles. The largest absolute Gasteiger partial charge is 0.381 e. The lowest BCUT2D eigenvalue weighted by atomic mass is 10.0. The van der Waals surface area contributed by atoms with Crippen LogP contribution in [0.5, 0.6) is 0 Å². The van der Waals surface area contributed by atoms with Crippen molar-refractivity contribution in [3.05, 3.63) is 35.4 Å². The lowest BCUT2D eigenvalue weighted by molar-refractivity contribution is -0.122. The van der Waals surface area contributed by atoms with Gasteiger partial charge in [-0.15, -0.1) is 0 Å². The van der Waals surface area contributed by atoms with E-state index in [0.29, 0.717) is 25.6 Å². The first-order valence-electron chi connectivity index (χ1n) is 6.63. The molecule has 0 spiro atoms. The Morgan fingerprint density at radius 1 is 1.37 bits per heavy atom. The fourth-order valence-electron chi connectivity index (χ4n) is 1.51. The predicted molar refractivity (Wildman–Crippen MR) is 77.4 cm³/mol. The molecule has 1 aromatic carbocycles. The Kier molecular flexibility index (Phi) is 6.82. The van der Waals surface area contributed by atoms with E-state index in [1.54, 1.807) is 6.21 Å². The van der Waals surface area contributed by atoms with Crippen molar-refractivity contribution < 1.29 is 9.53 Å². The molecule has 0 aliphatic heterocycles. The van der Waals surface area contributed by atoms with Crippen LogP contribution in [0.25, 0.3) is 0 Å². The molecule has 4 heteroatoms. The van der Waals surface area contributed by atoms with Gasteiger partial charge in [0.25, 0.3) is 0 Å². The van der Waals surface area contributed by atoms with Crippen molar-refractivity contribution in [3.63, 3.8) is 0 Å². The van der Waals surface area contributed by atoms with Crippen molar-refractivity contribution in [1.82, 2.24) is 5.43 Å². The summed E-state index contributed by atoms with van der Waals surface area (Å²) in [6, 6.07) is 8.13. The van der Waals surface area contributed by atoms with Gasteiger partial charge in [-0.25, -0.2) is 5.43 Å². The Labute approximate surface area is 114 Å². The van der Waals surface area contributed by atoms with Crippen LogP contribution in [0.3, 0.4) is 0 Å². The van der Waals surface area contributed by atoms with Gasteiger partial charge in [-0.3, -0.25) is 4.79 Å². The fraction of sp³-hybridized carbons (Fsp3) is 0.467. The molecule has 0 aromatic heterocycles. The summed E-state index contributed by atoms with van der Waals surface area (Å²) < 4.78 is 5.09. The Morgan fingerprint density at radius 2 is 2.05 bits per heavy atom. The van der Waals surface area contributed by atoms with Gasteiger partial charge in [0, 0.05) is 6.61 Å². The van der Waals surface area contributed by atoms with Gasteiger partial charge in [0.05, 0.1) is 19.2 Å². The second-order valence-corrected chi connectivity index (χ2v) is 4.56. The first-order valence-corrected chi connectivity index (χ1v) is 6.63. The van der Waals surface area contributed by atoms with Gasteiger partial charge in [0.15, 0.2) is 0 Å². The lowest BCUT2D eigenvalue weighted by Crippen LogP contribution is -2.19. The summed E-state index contributed by atoms with van der Waals surface area (Å²) in [5.41, 5.74) is 4.73. The van der Waals surface area contributed by atoms with Crippen LogP contribution in [-0.4, -0.2) is 25.3 Å². The number of rotatable bonds is 7. The van der Waals surface area contributed by atoms with Gasteiger partial charge >= 0.3 is 0 Å². The van der Waals surface area contributed by atoms with Gasteiger partial charge in [-0.05, 0) is 24.0 Å². The van der Waals surface area contributed by atoms with Crippen molar-refractivity contribution >= 4 is 12.1 Å². The molecule has 0 atom stereocenters. The average molecular weight is 262 g/mol. The van der Waals surface area contributed by atoms with Crippen LogP contribution in [0, 0.1) is 0 Å². The Morgan fingerprint density at radius 3 is 2.63 bits per heavy atom. The normalized spacial score (nSPS) is 11.2. The number of carbonyl (C=O) groups excluding carboxylic acids is 1. The van der Waals surface area contributed by atoms with Crippen LogP contribution in [0.15, 0.2) is 29.4 Å².